The van der Waals surface area contributed by atoms with Gasteiger partial charge in [-0.1, -0.05) is 0 Å². The van der Waals surface area contributed by atoms with Gasteiger partial charge in [-0.05, 0) is 76.8 Å². The Labute approximate surface area is 182 Å². The summed E-state index contributed by atoms with van der Waals surface area (Å²) in [5, 5.41) is 0. The number of amides is 1. The second-order valence-corrected chi connectivity index (χ2v) is 9.05. The van der Waals surface area contributed by atoms with E-state index in [9.17, 15) is 14.0 Å². The molecule has 0 N–H and O–H groups in total. The quantitative estimate of drug-likeness (QED) is 0.595. The Morgan fingerprint density at radius 2 is 1.87 bits per heavy atom. The van der Waals surface area contributed by atoms with Crippen LogP contribution in [-0.4, -0.2) is 42.6 Å². The van der Waals surface area contributed by atoms with Crippen molar-refractivity contribution in [3.05, 3.63) is 40.9 Å². The van der Waals surface area contributed by atoms with Crippen molar-refractivity contribution in [1.29, 1.82) is 0 Å². The number of rotatable bonds is 4. The number of methoxy groups -OCH3 is 1. The minimum atomic E-state index is -0.594. The highest BCUT2D eigenvalue weighted by molar-refractivity contribution is 5.96. The lowest BCUT2D eigenvalue weighted by molar-refractivity contribution is 0.0170. The van der Waals surface area contributed by atoms with Crippen molar-refractivity contribution >= 4 is 11.9 Å². The van der Waals surface area contributed by atoms with Gasteiger partial charge >= 0.3 is 6.09 Å². The highest BCUT2D eigenvalue weighted by Crippen LogP contribution is 2.37. The maximum absolute atomic E-state index is 14.2. The molecule has 0 spiro atoms. The topological polar surface area (TPSA) is 69.0 Å². The summed E-state index contributed by atoms with van der Waals surface area (Å²) in [6.07, 6.45) is 0.954. The third kappa shape index (κ3) is 5.09. The first-order chi connectivity index (χ1) is 14.5. The Morgan fingerprint density at radius 1 is 1.16 bits per heavy atom. The largest absolute Gasteiger partial charge is 0.496 e. The van der Waals surface area contributed by atoms with Gasteiger partial charge in [0.05, 0.1) is 12.7 Å². The number of hydrogen-bond donors (Lipinski definition) is 0. The molecule has 1 saturated heterocycles. The van der Waals surface area contributed by atoms with Gasteiger partial charge in [0.15, 0.2) is 5.76 Å². The summed E-state index contributed by atoms with van der Waals surface area (Å²) in [5.74, 6) is 0.153. The number of halogens is 1. The fraction of sp³-hybridized carbons (Fsp3) is 0.500. The summed E-state index contributed by atoms with van der Waals surface area (Å²) in [6.45, 7) is 9.74. The molecule has 7 heteroatoms. The van der Waals surface area contributed by atoms with Gasteiger partial charge in [-0.15, -0.1) is 0 Å². The first-order valence-electron chi connectivity index (χ1n) is 10.5. The highest BCUT2D eigenvalue weighted by Gasteiger charge is 2.33. The molecule has 0 bridgehead atoms. The molecule has 0 saturated carbocycles. The standard InChI is InChI=1S/C24H30FNO5/c1-14-10-19(29-6)17(12-18(14)25)22-15(2)11-20(30-22)21(27)16-8-7-9-26(13-16)23(28)31-24(3,4)5/h10-12,16H,7-9,13H2,1-6H3/t16-/m1/s1. The fourth-order valence-corrected chi connectivity index (χ4v) is 3.76. The lowest BCUT2D eigenvalue weighted by atomic mass is 9.92. The number of benzene rings is 1. The van der Waals surface area contributed by atoms with Crippen LogP contribution in [0.5, 0.6) is 5.75 Å². The molecular weight excluding hydrogens is 401 g/mol. The summed E-state index contributed by atoms with van der Waals surface area (Å²) in [7, 11) is 1.51. The van der Waals surface area contributed by atoms with Crippen LogP contribution in [0.4, 0.5) is 9.18 Å². The molecule has 2 heterocycles. The molecule has 3 rings (SSSR count). The van der Waals surface area contributed by atoms with Crippen molar-refractivity contribution in [3.8, 4) is 17.1 Å². The number of Topliss-reactive ketones (excluding diaryl/α,β-unsaturated/α-hetero) is 1. The highest BCUT2D eigenvalue weighted by atomic mass is 19.1. The number of likely N-dealkylation sites (tertiary alicyclic amines) is 1. The SMILES string of the molecule is COc1cc(C)c(F)cc1-c1oc(C(=O)[C@@H]2CCCN(C(=O)OC(C)(C)C)C2)cc1C. The monoisotopic (exact) mass is 431 g/mol. The lowest BCUT2D eigenvalue weighted by Gasteiger charge is -2.33. The molecule has 1 aromatic carbocycles. The number of aryl methyl sites for hydroxylation is 2. The van der Waals surface area contributed by atoms with E-state index >= 15 is 0 Å². The van der Waals surface area contributed by atoms with Gasteiger partial charge in [-0.2, -0.15) is 0 Å². The Kier molecular flexibility index (Phi) is 6.43. The molecule has 6 nitrogen and oxygen atoms in total. The van der Waals surface area contributed by atoms with E-state index in [0.29, 0.717) is 47.6 Å². The summed E-state index contributed by atoms with van der Waals surface area (Å²) >= 11 is 0. The normalized spacial score (nSPS) is 16.9. The molecule has 1 amide bonds. The van der Waals surface area contributed by atoms with Crippen LogP contribution in [0.2, 0.25) is 0 Å². The van der Waals surface area contributed by atoms with Crippen LogP contribution in [0, 0.1) is 25.6 Å². The Balaban J connectivity index is 1.83. The smallest absolute Gasteiger partial charge is 0.410 e. The van der Waals surface area contributed by atoms with E-state index in [2.05, 4.69) is 0 Å². The Hall–Kier alpha value is -2.83. The zero-order valence-corrected chi connectivity index (χ0v) is 19.0. The number of nitrogens with zero attached hydrogens (tertiary/aromatic N) is 1. The lowest BCUT2D eigenvalue weighted by Crippen LogP contribution is -2.44. The first-order valence-corrected chi connectivity index (χ1v) is 10.5. The van der Waals surface area contributed by atoms with Crippen molar-refractivity contribution in [3.63, 3.8) is 0 Å². The van der Waals surface area contributed by atoms with Crippen LogP contribution >= 0.6 is 0 Å². The predicted molar refractivity (Wildman–Crippen MR) is 115 cm³/mol. The number of furan rings is 1. The van der Waals surface area contributed by atoms with Gasteiger partial charge in [-0.3, -0.25) is 4.79 Å². The Bertz CT molecular complexity index is 989. The van der Waals surface area contributed by atoms with Crippen LogP contribution in [-0.2, 0) is 4.74 Å². The second kappa shape index (κ2) is 8.73. The van der Waals surface area contributed by atoms with E-state index in [1.54, 1.807) is 30.9 Å². The van der Waals surface area contributed by atoms with E-state index in [-0.39, 0.29) is 29.8 Å². The van der Waals surface area contributed by atoms with Crippen molar-refractivity contribution in [2.45, 2.75) is 53.1 Å². The fourth-order valence-electron chi connectivity index (χ4n) is 3.76. The van der Waals surface area contributed by atoms with Crippen molar-refractivity contribution < 1.29 is 27.9 Å². The Morgan fingerprint density at radius 3 is 2.52 bits per heavy atom. The summed E-state index contributed by atoms with van der Waals surface area (Å²) in [5.41, 5.74) is 1.04. The average molecular weight is 432 g/mol. The van der Waals surface area contributed by atoms with Crippen molar-refractivity contribution in [1.82, 2.24) is 4.90 Å². The number of ketones is 1. The van der Waals surface area contributed by atoms with E-state index in [1.165, 1.54) is 13.2 Å². The third-order valence-electron chi connectivity index (χ3n) is 5.33. The van der Waals surface area contributed by atoms with Crippen LogP contribution < -0.4 is 4.74 Å². The minimum absolute atomic E-state index is 0.172. The molecular formula is C24H30FNO5. The van der Waals surface area contributed by atoms with Crippen LogP contribution in [0.3, 0.4) is 0 Å². The second-order valence-electron chi connectivity index (χ2n) is 9.05. The van der Waals surface area contributed by atoms with E-state index in [4.69, 9.17) is 13.9 Å². The molecule has 0 radical (unpaired) electrons. The average Bonchev–Trinajstić information content (AvgIpc) is 3.09. The van der Waals surface area contributed by atoms with Gasteiger partial charge in [0.2, 0.25) is 5.78 Å². The van der Waals surface area contributed by atoms with Crippen molar-refractivity contribution in [2.24, 2.45) is 5.92 Å². The van der Waals surface area contributed by atoms with Crippen LogP contribution in [0.1, 0.15) is 55.3 Å². The summed E-state index contributed by atoms with van der Waals surface area (Å²) in [6, 6.07) is 4.63. The minimum Gasteiger partial charge on any atom is -0.496 e. The first kappa shape index (κ1) is 22.8. The van der Waals surface area contributed by atoms with Gasteiger partial charge in [0, 0.05) is 19.0 Å². The van der Waals surface area contributed by atoms with E-state index in [0.717, 1.165) is 0 Å². The third-order valence-corrected chi connectivity index (χ3v) is 5.33. The summed E-state index contributed by atoms with van der Waals surface area (Å²) < 4.78 is 30.9. The van der Waals surface area contributed by atoms with Gasteiger partial charge in [0.1, 0.15) is 22.9 Å². The number of hydrogen-bond acceptors (Lipinski definition) is 5. The van der Waals surface area contributed by atoms with Gasteiger partial charge in [-0.25, -0.2) is 9.18 Å². The molecule has 1 fully saturated rings. The molecule has 1 aliphatic heterocycles. The van der Waals surface area contributed by atoms with Crippen LogP contribution in [0.15, 0.2) is 22.6 Å². The molecule has 1 aliphatic rings. The maximum Gasteiger partial charge on any atom is 0.410 e. The van der Waals surface area contributed by atoms with Crippen molar-refractivity contribution in [2.75, 3.05) is 20.2 Å². The van der Waals surface area contributed by atoms with Gasteiger partial charge < -0.3 is 18.8 Å². The predicted octanol–water partition coefficient (Wildman–Crippen LogP) is 5.54. The summed E-state index contributed by atoms with van der Waals surface area (Å²) in [4.78, 5) is 27.1. The number of carbonyl (C=O) groups excluding carboxylic acids is 2. The van der Waals surface area contributed by atoms with Gasteiger partial charge in [0.25, 0.3) is 0 Å². The molecule has 1 aromatic heterocycles. The van der Waals surface area contributed by atoms with Crippen LogP contribution in [0.25, 0.3) is 11.3 Å². The number of ether oxygens (including phenoxy) is 2. The van der Waals surface area contributed by atoms with E-state index in [1.807, 2.05) is 20.8 Å². The number of carbonyl (C=O) groups is 2. The molecule has 168 valence electrons. The van der Waals surface area contributed by atoms with E-state index < -0.39 is 11.7 Å². The number of piperidine rings is 1. The molecule has 1 atom stereocenters. The molecule has 31 heavy (non-hydrogen) atoms. The maximum atomic E-state index is 14.2. The molecule has 2 aromatic rings. The zero-order chi connectivity index (χ0) is 22.9. The molecule has 0 aliphatic carbocycles. The zero-order valence-electron chi connectivity index (χ0n) is 19.0. The molecule has 0 unspecified atom stereocenters.